The SMILES string of the molecule is C=C(C)/C=C\C(=C/C)c1ccc(Cl)cc1Cl.CC. The third kappa shape index (κ3) is 5.57. The largest absolute Gasteiger partial charge is 0.0961 e. The summed E-state index contributed by atoms with van der Waals surface area (Å²) in [6, 6.07) is 5.50. The highest BCUT2D eigenvalue weighted by atomic mass is 35.5. The molecule has 0 saturated carbocycles. The number of allylic oxidation sites excluding steroid dienone is 5. The van der Waals surface area contributed by atoms with Gasteiger partial charge >= 0.3 is 0 Å². The third-order valence-electron chi connectivity index (χ3n) is 2.10. The Kier molecular flexibility index (Phi) is 8.53. The lowest BCUT2D eigenvalue weighted by Gasteiger charge is -2.05. The van der Waals surface area contributed by atoms with Crippen molar-refractivity contribution < 1.29 is 0 Å². The highest BCUT2D eigenvalue weighted by Crippen LogP contribution is 2.27. The van der Waals surface area contributed by atoms with E-state index in [4.69, 9.17) is 23.2 Å². The molecule has 0 aliphatic carbocycles. The molecule has 0 N–H and O–H groups in total. The standard InChI is InChI=1S/C14H14Cl2.C2H6/c1-4-11(6-5-10(2)3)13-8-7-12(15)9-14(13)16;1-2/h4-9H,2H2,1,3H3;1-2H3/b6-5-,11-4+;. The van der Waals surface area contributed by atoms with Crippen molar-refractivity contribution >= 4 is 28.8 Å². The van der Waals surface area contributed by atoms with E-state index in [-0.39, 0.29) is 0 Å². The molecule has 1 aromatic rings. The summed E-state index contributed by atoms with van der Waals surface area (Å²) < 4.78 is 0. The minimum atomic E-state index is 0.646. The van der Waals surface area contributed by atoms with Gasteiger partial charge in [0.05, 0.1) is 0 Å². The van der Waals surface area contributed by atoms with Crippen molar-refractivity contribution in [3.63, 3.8) is 0 Å². The van der Waals surface area contributed by atoms with E-state index in [9.17, 15) is 0 Å². The second kappa shape index (κ2) is 9.02. The Morgan fingerprint density at radius 3 is 2.22 bits per heavy atom. The Labute approximate surface area is 121 Å². The summed E-state index contributed by atoms with van der Waals surface area (Å²) in [5.74, 6) is 0. The Morgan fingerprint density at radius 1 is 1.17 bits per heavy atom. The van der Waals surface area contributed by atoms with E-state index in [1.165, 1.54) is 0 Å². The van der Waals surface area contributed by atoms with Crippen LogP contribution in [0.3, 0.4) is 0 Å². The van der Waals surface area contributed by atoms with E-state index in [0.29, 0.717) is 10.0 Å². The zero-order valence-corrected chi connectivity index (χ0v) is 12.9. The summed E-state index contributed by atoms with van der Waals surface area (Å²) in [5.41, 5.74) is 3.04. The predicted octanol–water partition coefficient (Wildman–Crippen LogP) is 6.56. The molecule has 0 unspecified atom stereocenters. The van der Waals surface area contributed by atoms with E-state index < -0.39 is 0 Å². The van der Waals surface area contributed by atoms with Gasteiger partial charge in [-0.25, -0.2) is 0 Å². The van der Waals surface area contributed by atoms with E-state index >= 15 is 0 Å². The van der Waals surface area contributed by atoms with Crippen LogP contribution in [-0.4, -0.2) is 0 Å². The van der Waals surface area contributed by atoms with Crippen molar-refractivity contribution in [3.8, 4) is 0 Å². The van der Waals surface area contributed by atoms with Crippen molar-refractivity contribution in [2.75, 3.05) is 0 Å². The Hall–Kier alpha value is -0.980. The van der Waals surface area contributed by atoms with E-state index in [1.54, 1.807) is 6.07 Å². The molecular weight excluding hydrogens is 263 g/mol. The molecule has 0 spiro atoms. The second-order valence-electron chi connectivity index (χ2n) is 3.55. The molecule has 0 aliphatic heterocycles. The first-order chi connectivity index (χ1) is 8.54. The van der Waals surface area contributed by atoms with Gasteiger partial charge in [-0.3, -0.25) is 0 Å². The van der Waals surface area contributed by atoms with Gasteiger partial charge in [0.25, 0.3) is 0 Å². The number of rotatable bonds is 3. The summed E-state index contributed by atoms with van der Waals surface area (Å²) in [5, 5.41) is 1.31. The lowest BCUT2D eigenvalue weighted by Crippen LogP contribution is -1.83. The molecule has 1 rings (SSSR count). The number of hydrogen-bond donors (Lipinski definition) is 0. The smallest absolute Gasteiger partial charge is 0.0499 e. The number of benzene rings is 1. The molecule has 0 heterocycles. The molecular formula is C16H20Cl2. The molecule has 18 heavy (non-hydrogen) atoms. The van der Waals surface area contributed by atoms with Gasteiger partial charge in [0.15, 0.2) is 0 Å². The molecule has 0 fully saturated rings. The van der Waals surface area contributed by atoms with Crippen molar-refractivity contribution in [1.29, 1.82) is 0 Å². The molecule has 0 bridgehead atoms. The zero-order chi connectivity index (χ0) is 14.1. The first-order valence-corrected chi connectivity index (χ1v) is 6.75. The van der Waals surface area contributed by atoms with Crippen LogP contribution in [0.5, 0.6) is 0 Å². The van der Waals surface area contributed by atoms with Crippen LogP contribution >= 0.6 is 23.2 Å². The van der Waals surface area contributed by atoms with Gasteiger partial charge in [0, 0.05) is 15.6 Å². The van der Waals surface area contributed by atoms with Gasteiger partial charge in [0.1, 0.15) is 0 Å². The molecule has 0 aliphatic rings. The van der Waals surface area contributed by atoms with Crippen molar-refractivity contribution in [3.05, 3.63) is 64.2 Å². The molecule has 0 saturated heterocycles. The molecule has 1 aromatic carbocycles. The van der Waals surface area contributed by atoms with Crippen LogP contribution in [0.1, 0.15) is 33.3 Å². The van der Waals surface area contributed by atoms with E-state index in [1.807, 2.05) is 58.1 Å². The molecule has 0 amide bonds. The fourth-order valence-electron chi connectivity index (χ4n) is 1.30. The lowest BCUT2D eigenvalue weighted by atomic mass is 10.0. The summed E-state index contributed by atoms with van der Waals surface area (Å²) in [7, 11) is 0. The van der Waals surface area contributed by atoms with Crippen LogP contribution in [0.4, 0.5) is 0 Å². The zero-order valence-electron chi connectivity index (χ0n) is 11.4. The highest BCUT2D eigenvalue weighted by Gasteiger charge is 2.03. The fraction of sp³-hybridized carbons (Fsp3) is 0.250. The van der Waals surface area contributed by atoms with Gasteiger partial charge in [-0.2, -0.15) is 0 Å². The maximum Gasteiger partial charge on any atom is 0.0499 e. The van der Waals surface area contributed by atoms with Gasteiger partial charge in [-0.1, -0.05) is 73.5 Å². The minimum absolute atomic E-state index is 0.646. The van der Waals surface area contributed by atoms with Crippen LogP contribution in [-0.2, 0) is 0 Å². The topological polar surface area (TPSA) is 0 Å². The Morgan fingerprint density at radius 2 is 1.78 bits per heavy atom. The van der Waals surface area contributed by atoms with Crippen molar-refractivity contribution in [2.24, 2.45) is 0 Å². The first-order valence-electron chi connectivity index (χ1n) is 6.00. The molecule has 0 atom stereocenters. The maximum absolute atomic E-state index is 6.14. The van der Waals surface area contributed by atoms with Gasteiger partial charge in [0.2, 0.25) is 0 Å². The van der Waals surface area contributed by atoms with Crippen molar-refractivity contribution in [2.45, 2.75) is 27.7 Å². The lowest BCUT2D eigenvalue weighted by molar-refractivity contribution is 1.50. The predicted molar refractivity (Wildman–Crippen MR) is 85.4 cm³/mol. The van der Waals surface area contributed by atoms with Crippen molar-refractivity contribution in [1.82, 2.24) is 0 Å². The van der Waals surface area contributed by atoms with Gasteiger partial charge in [-0.15, -0.1) is 0 Å². The van der Waals surface area contributed by atoms with Crippen LogP contribution in [0.25, 0.3) is 5.57 Å². The van der Waals surface area contributed by atoms with Crippen LogP contribution in [0, 0.1) is 0 Å². The summed E-state index contributed by atoms with van der Waals surface area (Å²) >= 11 is 12.0. The van der Waals surface area contributed by atoms with Gasteiger partial charge in [-0.05, 0) is 31.6 Å². The van der Waals surface area contributed by atoms with Crippen LogP contribution in [0.2, 0.25) is 10.0 Å². The van der Waals surface area contributed by atoms with Gasteiger partial charge < -0.3 is 0 Å². The fourth-order valence-corrected chi connectivity index (χ4v) is 1.81. The quantitative estimate of drug-likeness (QED) is 0.551. The normalized spacial score (nSPS) is 11.1. The number of halogens is 2. The summed E-state index contributed by atoms with van der Waals surface area (Å²) in [6.45, 7) is 11.8. The first kappa shape index (κ1) is 17.0. The monoisotopic (exact) mass is 282 g/mol. The third-order valence-corrected chi connectivity index (χ3v) is 2.65. The summed E-state index contributed by atoms with van der Waals surface area (Å²) in [4.78, 5) is 0. The minimum Gasteiger partial charge on any atom is -0.0961 e. The molecule has 0 aromatic heterocycles. The Bertz CT molecular complexity index is 454. The summed E-state index contributed by atoms with van der Waals surface area (Å²) in [6.07, 6.45) is 5.96. The molecule has 98 valence electrons. The Balaban J connectivity index is 0.00000137. The molecule has 2 heteroatoms. The average molecular weight is 283 g/mol. The second-order valence-corrected chi connectivity index (χ2v) is 4.39. The average Bonchev–Trinajstić information content (AvgIpc) is 2.34. The van der Waals surface area contributed by atoms with E-state index in [0.717, 1.165) is 16.7 Å². The molecule has 0 nitrogen and oxygen atoms in total. The number of hydrogen-bond acceptors (Lipinski definition) is 0. The van der Waals surface area contributed by atoms with Crippen LogP contribution < -0.4 is 0 Å². The highest BCUT2D eigenvalue weighted by molar-refractivity contribution is 6.35. The maximum atomic E-state index is 6.14. The van der Waals surface area contributed by atoms with E-state index in [2.05, 4.69) is 6.58 Å². The molecule has 0 radical (unpaired) electrons. The van der Waals surface area contributed by atoms with Crippen LogP contribution in [0.15, 0.2) is 48.6 Å².